The minimum atomic E-state index is -0.566. The maximum Gasteiger partial charge on any atom is 0.126 e. The predicted octanol–water partition coefficient (Wildman–Crippen LogP) is 2.38. The highest BCUT2D eigenvalue weighted by atomic mass is 79.9. The Labute approximate surface area is 108 Å². The van der Waals surface area contributed by atoms with Crippen molar-refractivity contribution < 1.29 is 5.11 Å². The summed E-state index contributed by atoms with van der Waals surface area (Å²) in [6, 6.07) is 7.33. The first-order valence-electron chi connectivity index (χ1n) is 5.19. The Morgan fingerprint density at radius 1 is 1.24 bits per heavy atom. The first-order valence-corrected chi connectivity index (χ1v) is 5.98. The molecule has 0 aliphatic carbocycles. The molecule has 2 aromatic heterocycles. The van der Waals surface area contributed by atoms with E-state index in [2.05, 4.69) is 31.2 Å². The molecule has 88 valence electrons. The average Bonchev–Trinajstić information content (AvgIpc) is 2.39. The van der Waals surface area contributed by atoms with Gasteiger partial charge >= 0.3 is 0 Å². The summed E-state index contributed by atoms with van der Waals surface area (Å²) >= 11 is 3.32. The van der Waals surface area contributed by atoms with Crippen molar-refractivity contribution in [2.24, 2.45) is 0 Å². The largest absolute Gasteiger partial charge is 0.387 e. The van der Waals surface area contributed by atoms with E-state index in [1.165, 1.54) is 0 Å². The number of hydrogen-bond donors (Lipinski definition) is 2. The lowest BCUT2D eigenvalue weighted by atomic mass is 10.1. The van der Waals surface area contributed by atoms with E-state index in [1.54, 1.807) is 30.7 Å². The molecule has 0 unspecified atom stereocenters. The van der Waals surface area contributed by atoms with Crippen molar-refractivity contribution in [1.29, 1.82) is 0 Å². The number of pyridine rings is 2. The molecule has 17 heavy (non-hydrogen) atoms. The fourth-order valence-electron chi connectivity index (χ4n) is 1.39. The number of anilines is 1. The molecule has 0 amide bonds. The quantitative estimate of drug-likeness (QED) is 0.909. The van der Waals surface area contributed by atoms with E-state index in [9.17, 15) is 5.11 Å². The molecule has 0 fully saturated rings. The summed E-state index contributed by atoms with van der Waals surface area (Å²) in [6.45, 7) is 0.415. The molecule has 5 heteroatoms. The van der Waals surface area contributed by atoms with Crippen molar-refractivity contribution in [3.05, 3.63) is 52.9 Å². The second kappa shape index (κ2) is 5.75. The lowest BCUT2D eigenvalue weighted by molar-refractivity contribution is 0.191. The normalized spacial score (nSPS) is 12.1. The zero-order valence-corrected chi connectivity index (χ0v) is 10.6. The molecule has 0 saturated heterocycles. The number of rotatable bonds is 4. The summed E-state index contributed by atoms with van der Waals surface area (Å²) in [5.41, 5.74) is 0.838. The highest BCUT2D eigenvalue weighted by Crippen LogP contribution is 2.14. The van der Waals surface area contributed by atoms with Crippen LogP contribution in [0.1, 0.15) is 11.7 Å². The fourth-order valence-corrected chi connectivity index (χ4v) is 1.62. The van der Waals surface area contributed by atoms with Crippen LogP contribution in [0, 0.1) is 0 Å². The van der Waals surface area contributed by atoms with Crippen molar-refractivity contribution in [1.82, 2.24) is 9.97 Å². The Balaban J connectivity index is 1.92. The topological polar surface area (TPSA) is 58.0 Å². The van der Waals surface area contributed by atoms with Crippen LogP contribution in [-0.2, 0) is 0 Å². The fraction of sp³-hybridized carbons (Fsp3) is 0.167. The van der Waals surface area contributed by atoms with E-state index in [4.69, 9.17) is 0 Å². The highest BCUT2D eigenvalue weighted by molar-refractivity contribution is 9.10. The molecule has 2 N–H and O–H groups in total. The third-order valence-corrected chi connectivity index (χ3v) is 2.76. The van der Waals surface area contributed by atoms with Crippen LogP contribution >= 0.6 is 15.9 Å². The summed E-state index contributed by atoms with van der Waals surface area (Å²) in [6.07, 6.45) is 4.47. The summed E-state index contributed by atoms with van der Waals surface area (Å²) < 4.78 is 0.928. The lowest BCUT2D eigenvalue weighted by Gasteiger charge is -2.12. The second-order valence-corrected chi connectivity index (χ2v) is 4.45. The molecular weight excluding hydrogens is 282 g/mol. The van der Waals surface area contributed by atoms with E-state index in [1.807, 2.05) is 12.1 Å². The van der Waals surface area contributed by atoms with E-state index in [-0.39, 0.29) is 0 Å². The monoisotopic (exact) mass is 293 g/mol. The van der Waals surface area contributed by atoms with Crippen molar-refractivity contribution >= 4 is 21.7 Å². The molecule has 0 radical (unpaired) electrons. The van der Waals surface area contributed by atoms with Gasteiger partial charge in [0, 0.05) is 29.6 Å². The molecule has 2 heterocycles. The van der Waals surface area contributed by atoms with Crippen LogP contribution in [0.2, 0.25) is 0 Å². The summed E-state index contributed by atoms with van der Waals surface area (Å²) in [7, 11) is 0. The number of nitrogens with zero attached hydrogens (tertiary/aromatic N) is 2. The Morgan fingerprint density at radius 2 is 2.00 bits per heavy atom. The van der Waals surface area contributed by atoms with Gasteiger partial charge in [-0.1, -0.05) is 0 Å². The Hall–Kier alpha value is -1.46. The first-order chi connectivity index (χ1) is 8.25. The van der Waals surface area contributed by atoms with Gasteiger partial charge in [0.15, 0.2) is 0 Å². The van der Waals surface area contributed by atoms with Crippen LogP contribution in [0.3, 0.4) is 0 Å². The molecule has 4 nitrogen and oxygen atoms in total. The third kappa shape index (κ3) is 3.51. The van der Waals surface area contributed by atoms with Crippen LogP contribution in [0.4, 0.5) is 5.82 Å². The lowest BCUT2D eigenvalue weighted by Crippen LogP contribution is -2.12. The number of halogens is 1. The minimum Gasteiger partial charge on any atom is -0.387 e. The summed E-state index contributed by atoms with van der Waals surface area (Å²) in [5.74, 6) is 0.737. The van der Waals surface area contributed by atoms with Crippen LogP contribution < -0.4 is 5.32 Å². The SMILES string of the molecule is O[C@@H](CNc1ccc(Br)cn1)c1ccncc1. The van der Waals surface area contributed by atoms with E-state index in [0.717, 1.165) is 15.9 Å². The number of aromatic nitrogens is 2. The van der Waals surface area contributed by atoms with E-state index < -0.39 is 6.10 Å². The van der Waals surface area contributed by atoms with Gasteiger partial charge in [0.25, 0.3) is 0 Å². The molecule has 0 aliphatic rings. The molecule has 0 bridgehead atoms. The van der Waals surface area contributed by atoms with Crippen LogP contribution in [0.15, 0.2) is 47.3 Å². The van der Waals surface area contributed by atoms with Gasteiger partial charge in [0.05, 0.1) is 6.10 Å². The standard InChI is InChI=1S/C12H12BrN3O/c13-10-1-2-12(15-7-10)16-8-11(17)9-3-5-14-6-4-9/h1-7,11,17H,8H2,(H,15,16)/t11-/m0/s1. The summed E-state index contributed by atoms with van der Waals surface area (Å²) in [4.78, 5) is 8.07. The highest BCUT2D eigenvalue weighted by Gasteiger charge is 2.06. The van der Waals surface area contributed by atoms with Crippen molar-refractivity contribution in [2.75, 3.05) is 11.9 Å². The Kier molecular flexibility index (Phi) is 4.06. The van der Waals surface area contributed by atoms with Gasteiger partial charge in [0.2, 0.25) is 0 Å². The van der Waals surface area contributed by atoms with Gasteiger partial charge in [-0.2, -0.15) is 0 Å². The molecule has 2 aromatic rings. The molecule has 1 atom stereocenters. The predicted molar refractivity (Wildman–Crippen MR) is 69.6 cm³/mol. The second-order valence-electron chi connectivity index (χ2n) is 3.54. The van der Waals surface area contributed by atoms with E-state index in [0.29, 0.717) is 6.54 Å². The minimum absolute atomic E-state index is 0.415. The number of nitrogens with one attached hydrogen (secondary N) is 1. The maximum atomic E-state index is 9.91. The maximum absolute atomic E-state index is 9.91. The van der Waals surface area contributed by atoms with Gasteiger partial charge in [-0.05, 0) is 45.8 Å². The van der Waals surface area contributed by atoms with Gasteiger partial charge < -0.3 is 10.4 Å². The van der Waals surface area contributed by atoms with Gasteiger partial charge in [0.1, 0.15) is 5.82 Å². The zero-order chi connectivity index (χ0) is 12.1. The zero-order valence-electron chi connectivity index (χ0n) is 9.05. The van der Waals surface area contributed by atoms with Gasteiger partial charge in [-0.15, -0.1) is 0 Å². The molecule has 2 rings (SSSR count). The first kappa shape index (κ1) is 12.0. The Bertz CT molecular complexity index is 461. The molecule has 0 aliphatic heterocycles. The van der Waals surface area contributed by atoms with Crippen LogP contribution in [-0.4, -0.2) is 21.6 Å². The van der Waals surface area contributed by atoms with Crippen LogP contribution in [0.25, 0.3) is 0 Å². The van der Waals surface area contributed by atoms with Crippen molar-refractivity contribution in [3.8, 4) is 0 Å². The molecule has 0 saturated carbocycles. The Morgan fingerprint density at radius 3 is 2.65 bits per heavy atom. The third-order valence-electron chi connectivity index (χ3n) is 2.29. The van der Waals surface area contributed by atoms with Gasteiger partial charge in [-0.25, -0.2) is 4.98 Å². The number of aliphatic hydroxyl groups excluding tert-OH is 1. The summed E-state index contributed by atoms with van der Waals surface area (Å²) in [5, 5.41) is 13.0. The number of hydrogen-bond acceptors (Lipinski definition) is 4. The number of aliphatic hydroxyl groups is 1. The molecule has 0 spiro atoms. The van der Waals surface area contributed by atoms with Crippen molar-refractivity contribution in [3.63, 3.8) is 0 Å². The average molecular weight is 294 g/mol. The molecular formula is C12H12BrN3O. The van der Waals surface area contributed by atoms with Gasteiger partial charge in [-0.3, -0.25) is 4.98 Å². The van der Waals surface area contributed by atoms with E-state index >= 15 is 0 Å². The van der Waals surface area contributed by atoms with Crippen molar-refractivity contribution in [2.45, 2.75) is 6.10 Å². The van der Waals surface area contributed by atoms with Crippen LogP contribution in [0.5, 0.6) is 0 Å². The smallest absolute Gasteiger partial charge is 0.126 e. The molecule has 0 aromatic carbocycles.